The molecule has 1 aromatic carbocycles. The molecule has 0 radical (unpaired) electrons. The van der Waals surface area contributed by atoms with Crippen LogP contribution in [0.2, 0.25) is 0 Å². The zero-order valence-electron chi connectivity index (χ0n) is 15.3. The van der Waals surface area contributed by atoms with Crippen molar-refractivity contribution < 1.29 is 21.6 Å². The SMILES string of the molecule is CS(=O)(=O)c1ccc(Nc2nnc3cc(-c4ncccc4C(F)(F)F)cnn23)cc1. The summed E-state index contributed by atoms with van der Waals surface area (Å²) in [5.41, 5.74) is -0.242. The summed E-state index contributed by atoms with van der Waals surface area (Å²) in [6.07, 6.45) is -0.944. The molecule has 4 aromatic rings. The van der Waals surface area contributed by atoms with Crippen molar-refractivity contribution in [1.29, 1.82) is 0 Å². The molecular formula is C18H13F3N6O2S. The number of anilines is 2. The van der Waals surface area contributed by atoms with Crippen molar-refractivity contribution in [1.82, 2.24) is 24.8 Å². The molecule has 0 unspecified atom stereocenters. The van der Waals surface area contributed by atoms with Gasteiger partial charge in [0.25, 0.3) is 0 Å². The van der Waals surface area contributed by atoms with Crippen LogP contribution >= 0.6 is 0 Å². The number of aromatic nitrogens is 5. The number of hydrogen-bond donors (Lipinski definition) is 1. The van der Waals surface area contributed by atoms with E-state index in [9.17, 15) is 21.6 Å². The summed E-state index contributed by atoms with van der Waals surface area (Å²) in [6, 6.07) is 9.54. The number of alkyl halides is 3. The Morgan fingerprint density at radius 2 is 1.80 bits per heavy atom. The second kappa shape index (κ2) is 7.06. The van der Waals surface area contributed by atoms with Crippen LogP contribution in [0, 0.1) is 0 Å². The predicted octanol–water partition coefficient (Wildman–Crippen LogP) is 3.35. The van der Waals surface area contributed by atoms with Gasteiger partial charge in [-0.15, -0.1) is 10.2 Å². The smallest absolute Gasteiger partial charge is 0.323 e. The lowest BCUT2D eigenvalue weighted by Gasteiger charge is -2.11. The summed E-state index contributed by atoms with van der Waals surface area (Å²) in [5.74, 6) is 0.209. The number of sulfone groups is 1. The monoisotopic (exact) mass is 434 g/mol. The summed E-state index contributed by atoms with van der Waals surface area (Å²) in [7, 11) is -3.32. The van der Waals surface area contributed by atoms with Crippen LogP contribution in [0.4, 0.5) is 24.8 Å². The largest absolute Gasteiger partial charge is 0.418 e. The molecule has 3 aromatic heterocycles. The number of rotatable bonds is 4. The second-order valence-corrected chi connectivity index (χ2v) is 8.37. The first-order chi connectivity index (χ1) is 14.1. The maximum absolute atomic E-state index is 13.3. The number of hydrogen-bond acceptors (Lipinski definition) is 7. The minimum atomic E-state index is -4.56. The van der Waals surface area contributed by atoms with Crippen molar-refractivity contribution in [2.75, 3.05) is 11.6 Å². The van der Waals surface area contributed by atoms with E-state index in [1.54, 1.807) is 12.1 Å². The van der Waals surface area contributed by atoms with E-state index in [0.717, 1.165) is 12.3 Å². The molecule has 12 heteroatoms. The fraction of sp³-hybridized carbons (Fsp3) is 0.111. The maximum Gasteiger partial charge on any atom is 0.418 e. The van der Waals surface area contributed by atoms with Gasteiger partial charge in [0.2, 0.25) is 5.95 Å². The standard InChI is InChI=1S/C18H13F3N6O2S/c1-30(28,29)13-6-4-12(5-7-13)24-17-26-25-15-9-11(10-23-27(15)17)16-14(18(19,20)21)3-2-8-22-16/h2-10H,1H3,(H,24,26). The van der Waals surface area contributed by atoms with E-state index in [-0.39, 0.29) is 27.7 Å². The van der Waals surface area contributed by atoms with Crippen LogP contribution in [0.5, 0.6) is 0 Å². The topological polar surface area (TPSA) is 102 Å². The molecule has 154 valence electrons. The second-order valence-electron chi connectivity index (χ2n) is 6.36. The van der Waals surface area contributed by atoms with Crippen LogP contribution in [0.3, 0.4) is 0 Å². The number of pyridine rings is 1. The van der Waals surface area contributed by atoms with Gasteiger partial charge in [-0.2, -0.15) is 22.8 Å². The normalized spacial score (nSPS) is 12.3. The number of nitrogens with one attached hydrogen (secondary N) is 1. The average molecular weight is 434 g/mol. The van der Waals surface area contributed by atoms with Crippen LogP contribution in [0.25, 0.3) is 16.9 Å². The molecule has 8 nitrogen and oxygen atoms in total. The number of benzene rings is 1. The van der Waals surface area contributed by atoms with E-state index in [0.29, 0.717) is 5.69 Å². The molecule has 1 N–H and O–H groups in total. The van der Waals surface area contributed by atoms with Gasteiger partial charge in [-0.05, 0) is 42.5 Å². The van der Waals surface area contributed by atoms with Crippen LogP contribution in [0.15, 0.2) is 59.8 Å². The van der Waals surface area contributed by atoms with E-state index >= 15 is 0 Å². The molecule has 0 amide bonds. The summed E-state index contributed by atoms with van der Waals surface area (Å²) in [6.45, 7) is 0. The Bertz CT molecular complexity index is 1330. The van der Waals surface area contributed by atoms with Gasteiger partial charge in [-0.25, -0.2) is 8.42 Å². The molecule has 4 rings (SSSR count). The van der Waals surface area contributed by atoms with Crippen molar-refractivity contribution in [3.8, 4) is 11.3 Å². The van der Waals surface area contributed by atoms with Crippen molar-refractivity contribution >= 4 is 27.1 Å². The first-order valence-corrected chi connectivity index (χ1v) is 10.3. The van der Waals surface area contributed by atoms with Crippen molar-refractivity contribution in [3.63, 3.8) is 0 Å². The van der Waals surface area contributed by atoms with E-state index in [4.69, 9.17) is 0 Å². The highest BCUT2D eigenvalue weighted by Gasteiger charge is 2.34. The van der Waals surface area contributed by atoms with Crippen LogP contribution in [-0.2, 0) is 16.0 Å². The first-order valence-electron chi connectivity index (χ1n) is 8.44. The van der Waals surface area contributed by atoms with Gasteiger partial charge in [0.05, 0.1) is 22.3 Å². The Morgan fingerprint density at radius 3 is 2.47 bits per heavy atom. The van der Waals surface area contributed by atoms with Crippen molar-refractivity contribution in [3.05, 3.63) is 60.4 Å². The summed E-state index contributed by atoms with van der Waals surface area (Å²) in [4.78, 5) is 4.01. The van der Waals surface area contributed by atoms with E-state index < -0.39 is 21.6 Å². The molecule has 0 saturated carbocycles. The van der Waals surface area contributed by atoms with Gasteiger partial charge in [0.15, 0.2) is 15.5 Å². The molecule has 30 heavy (non-hydrogen) atoms. The summed E-state index contributed by atoms with van der Waals surface area (Å²) < 4.78 is 64.2. The van der Waals surface area contributed by atoms with Crippen LogP contribution in [0.1, 0.15) is 5.56 Å². The number of fused-ring (bicyclic) bond motifs is 1. The lowest BCUT2D eigenvalue weighted by Crippen LogP contribution is -2.08. The lowest BCUT2D eigenvalue weighted by molar-refractivity contribution is -0.137. The highest BCUT2D eigenvalue weighted by molar-refractivity contribution is 7.90. The molecule has 3 heterocycles. The third kappa shape index (κ3) is 3.81. The van der Waals surface area contributed by atoms with E-state index in [1.165, 1.54) is 41.2 Å². The van der Waals surface area contributed by atoms with Gasteiger partial charge in [0.1, 0.15) is 0 Å². The van der Waals surface area contributed by atoms with Gasteiger partial charge >= 0.3 is 6.18 Å². The number of nitrogens with zero attached hydrogens (tertiary/aromatic N) is 5. The third-order valence-corrected chi connectivity index (χ3v) is 5.32. The fourth-order valence-electron chi connectivity index (χ4n) is 2.78. The minimum absolute atomic E-state index is 0.145. The molecule has 0 bridgehead atoms. The number of halogens is 3. The zero-order chi connectivity index (χ0) is 21.5. The molecule has 0 saturated heterocycles. The molecule has 0 aliphatic heterocycles. The van der Waals surface area contributed by atoms with Gasteiger partial charge in [-0.1, -0.05) is 0 Å². The Kier molecular flexibility index (Phi) is 4.65. The highest BCUT2D eigenvalue weighted by atomic mass is 32.2. The maximum atomic E-state index is 13.3. The van der Waals surface area contributed by atoms with Gasteiger partial charge < -0.3 is 5.32 Å². The first kappa shape index (κ1) is 19.8. The lowest BCUT2D eigenvalue weighted by atomic mass is 10.1. The third-order valence-electron chi connectivity index (χ3n) is 4.19. The molecule has 0 aliphatic carbocycles. The summed E-state index contributed by atoms with van der Waals surface area (Å²) in [5, 5.41) is 14.9. The molecular weight excluding hydrogens is 421 g/mol. The highest BCUT2D eigenvalue weighted by Crippen LogP contribution is 2.35. The van der Waals surface area contributed by atoms with E-state index in [1.807, 2.05) is 0 Å². The molecule has 0 aliphatic rings. The molecule has 0 spiro atoms. The molecule has 0 fully saturated rings. The Hall–Kier alpha value is -3.54. The van der Waals surface area contributed by atoms with Crippen molar-refractivity contribution in [2.24, 2.45) is 0 Å². The van der Waals surface area contributed by atoms with Gasteiger partial charge in [-0.3, -0.25) is 4.98 Å². The Labute approximate surface area is 168 Å². The zero-order valence-corrected chi connectivity index (χ0v) is 16.1. The minimum Gasteiger partial charge on any atom is -0.323 e. The Morgan fingerprint density at radius 1 is 1.07 bits per heavy atom. The van der Waals surface area contributed by atoms with Crippen LogP contribution in [-0.4, -0.2) is 39.5 Å². The Balaban J connectivity index is 1.67. The predicted molar refractivity (Wildman–Crippen MR) is 102 cm³/mol. The van der Waals surface area contributed by atoms with E-state index in [2.05, 4.69) is 25.6 Å². The summed E-state index contributed by atoms with van der Waals surface area (Å²) >= 11 is 0. The van der Waals surface area contributed by atoms with Crippen LogP contribution < -0.4 is 5.32 Å². The van der Waals surface area contributed by atoms with Crippen molar-refractivity contribution in [2.45, 2.75) is 11.1 Å². The quantitative estimate of drug-likeness (QED) is 0.525. The van der Waals surface area contributed by atoms with Gasteiger partial charge in [0, 0.05) is 23.7 Å². The average Bonchev–Trinajstić information content (AvgIpc) is 3.09. The molecule has 0 atom stereocenters. The fourth-order valence-corrected chi connectivity index (χ4v) is 3.41.